The van der Waals surface area contributed by atoms with E-state index in [2.05, 4.69) is 49.9 Å². The maximum absolute atomic E-state index is 13.1. The topological polar surface area (TPSA) is 105 Å². The van der Waals surface area contributed by atoms with Crippen LogP contribution in [-0.4, -0.2) is 71.4 Å². The summed E-state index contributed by atoms with van der Waals surface area (Å²) in [5.74, 6) is 2.17. The number of hydrogen-bond acceptors (Lipinski definition) is 8. The second-order valence-corrected chi connectivity index (χ2v) is 10.0. The Hall–Kier alpha value is -4.15. The van der Waals surface area contributed by atoms with Gasteiger partial charge < -0.3 is 25.4 Å². The van der Waals surface area contributed by atoms with Crippen molar-refractivity contribution in [1.29, 1.82) is 0 Å². The standard InChI is InChI=1S/C30H37N7O3/c1-30(11-14-34-29(35-30)36-17-15-32-23-36)37(16-5-12-31-21-25-6-3-2-4-7-25)22-28(38)33-13-10-24-8-9-26-27(20-24)40-19-18-39-26/h2-4,6-9,11,14-15,17,20,23,31H,5,10,12-13,16,18-19,21-22H2,1H3,(H,33,38)(H,34,35). The number of fused-ring (bicyclic) bond motifs is 1. The number of ether oxygens (including phenoxy) is 2. The van der Waals surface area contributed by atoms with Crippen molar-refractivity contribution < 1.29 is 14.3 Å². The van der Waals surface area contributed by atoms with Gasteiger partial charge in [0.25, 0.3) is 0 Å². The van der Waals surface area contributed by atoms with E-state index >= 15 is 0 Å². The summed E-state index contributed by atoms with van der Waals surface area (Å²) in [7, 11) is 0. The van der Waals surface area contributed by atoms with Crippen LogP contribution in [0.25, 0.3) is 0 Å². The van der Waals surface area contributed by atoms with Crippen molar-refractivity contribution in [3.63, 3.8) is 0 Å². The van der Waals surface area contributed by atoms with E-state index in [1.165, 1.54) is 5.56 Å². The number of rotatable bonds is 12. The first-order chi connectivity index (χ1) is 19.6. The molecule has 1 aromatic heterocycles. The molecule has 1 atom stereocenters. The summed E-state index contributed by atoms with van der Waals surface area (Å²) < 4.78 is 13.1. The molecule has 3 N–H and O–H groups in total. The summed E-state index contributed by atoms with van der Waals surface area (Å²) in [6.07, 6.45) is 10.6. The van der Waals surface area contributed by atoms with E-state index in [1.54, 1.807) is 18.7 Å². The van der Waals surface area contributed by atoms with Crippen LogP contribution in [0, 0.1) is 0 Å². The van der Waals surface area contributed by atoms with E-state index in [9.17, 15) is 4.79 Å². The Bertz CT molecular complexity index is 1310. The van der Waals surface area contributed by atoms with Crippen molar-refractivity contribution in [1.82, 2.24) is 30.4 Å². The Labute approximate surface area is 235 Å². The maximum Gasteiger partial charge on any atom is 0.234 e. The lowest BCUT2D eigenvalue weighted by Crippen LogP contribution is -2.61. The smallest absolute Gasteiger partial charge is 0.234 e. The summed E-state index contributed by atoms with van der Waals surface area (Å²) in [6.45, 7) is 6.32. The molecule has 10 heteroatoms. The molecule has 3 aromatic rings. The highest BCUT2D eigenvalue weighted by Crippen LogP contribution is 2.30. The summed E-state index contributed by atoms with van der Waals surface area (Å²) >= 11 is 0. The van der Waals surface area contributed by atoms with Crippen LogP contribution >= 0.6 is 0 Å². The van der Waals surface area contributed by atoms with Crippen molar-refractivity contribution in [3.05, 3.63) is 90.7 Å². The number of nitrogens with one attached hydrogen (secondary N) is 3. The molecule has 2 aromatic carbocycles. The molecule has 0 bridgehead atoms. The number of aromatic nitrogens is 2. The van der Waals surface area contributed by atoms with Gasteiger partial charge in [0.1, 0.15) is 25.2 Å². The minimum atomic E-state index is -0.603. The number of carbonyl (C=O) groups is 1. The molecule has 10 nitrogen and oxygen atoms in total. The zero-order valence-corrected chi connectivity index (χ0v) is 22.9. The molecule has 0 fully saturated rings. The van der Waals surface area contributed by atoms with E-state index in [0.717, 1.165) is 36.6 Å². The molecule has 210 valence electrons. The van der Waals surface area contributed by atoms with Gasteiger partial charge >= 0.3 is 0 Å². The number of hydrogen-bond donors (Lipinski definition) is 3. The second kappa shape index (κ2) is 13.3. The third-order valence-electron chi connectivity index (χ3n) is 7.00. The minimum Gasteiger partial charge on any atom is -0.486 e. The van der Waals surface area contributed by atoms with Crippen LogP contribution in [0.4, 0.5) is 0 Å². The molecule has 40 heavy (non-hydrogen) atoms. The first-order valence-corrected chi connectivity index (χ1v) is 13.8. The predicted molar refractivity (Wildman–Crippen MR) is 154 cm³/mol. The van der Waals surface area contributed by atoms with Crippen molar-refractivity contribution in [2.24, 2.45) is 4.99 Å². The van der Waals surface area contributed by atoms with Gasteiger partial charge in [-0.3, -0.25) is 14.3 Å². The summed E-state index contributed by atoms with van der Waals surface area (Å²) in [5, 5.41) is 10.1. The quantitative estimate of drug-likeness (QED) is 0.302. The summed E-state index contributed by atoms with van der Waals surface area (Å²) in [4.78, 5) is 23.9. The third kappa shape index (κ3) is 7.28. The molecule has 2 aliphatic rings. The van der Waals surface area contributed by atoms with Crippen LogP contribution in [0.5, 0.6) is 11.5 Å². The van der Waals surface area contributed by atoms with Gasteiger partial charge in [0.05, 0.1) is 6.54 Å². The molecular formula is C30H37N7O3. The zero-order chi connectivity index (χ0) is 27.6. The van der Waals surface area contributed by atoms with E-state index < -0.39 is 5.66 Å². The van der Waals surface area contributed by atoms with Gasteiger partial charge in [-0.05, 0) is 55.6 Å². The highest BCUT2D eigenvalue weighted by Gasteiger charge is 2.33. The highest BCUT2D eigenvalue weighted by atomic mass is 16.6. The Balaban J connectivity index is 1.16. The summed E-state index contributed by atoms with van der Waals surface area (Å²) in [5.41, 5.74) is 1.74. The second-order valence-electron chi connectivity index (χ2n) is 10.0. The minimum absolute atomic E-state index is 0.0297. The average Bonchev–Trinajstić information content (AvgIpc) is 3.52. The third-order valence-corrected chi connectivity index (χ3v) is 7.00. The maximum atomic E-state index is 13.1. The predicted octanol–water partition coefficient (Wildman–Crippen LogP) is 2.53. The fourth-order valence-electron chi connectivity index (χ4n) is 4.77. The SMILES string of the molecule is CC1(N(CCCNCc2ccccc2)CC(=O)NCCc2ccc3c(c2)OCCO3)C=CN=C(n2ccnc2)N1. The Morgan fingerprint density at radius 2 is 1.95 bits per heavy atom. The summed E-state index contributed by atoms with van der Waals surface area (Å²) in [6, 6.07) is 16.3. The molecule has 0 saturated carbocycles. The molecule has 1 amide bonds. The lowest BCUT2D eigenvalue weighted by atomic mass is 10.1. The van der Waals surface area contributed by atoms with E-state index in [0.29, 0.717) is 38.7 Å². The number of nitrogens with zero attached hydrogens (tertiary/aromatic N) is 4. The molecule has 0 aliphatic carbocycles. The Morgan fingerprint density at radius 1 is 1.10 bits per heavy atom. The fourth-order valence-corrected chi connectivity index (χ4v) is 4.77. The number of benzene rings is 2. The number of aliphatic imine (C=N–C) groups is 1. The van der Waals surface area contributed by atoms with Crippen LogP contribution in [0.3, 0.4) is 0 Å². The largest absolute Gasteiger partial charge is 0.486 e. The van der Waals surface area contributed by atoms with Gasteiger partial charge in [-0.15, -0.1) is 0 Å². The van der Waals surface area contributed by atoms with Crippen molar-refractivity contribution in [2.45, 2.75) is 32.0 Å². The fraction of sp³-hybridized carbons (Fsp3) is 0.367. The Morgan fingerprint density at radius 3 is 2.77 bits per heavy atom. The van der Waals surface area contributed by atoms with Gasteiger partial charge in [-0.1, -0.05) is 36.4 Å². The average molecular weight is 544 g/mol. The number of amides is 1. The molecule has 0 spiro atoms. The van der Waals surface area contributed by atoms with Crippen molar-refractivity contribution in [3.8, 4) is 11.5 Å². The molecule has 2 aliphatic heterocycles. The first kappa shape index (κ1) is 27.4. The molecule has 3 heterocycles. The molecule has 0 saturated heterocycles. The zero-order valence-electron chi connectivity index (χ0n) is 22.9. The lowest BCUT2D eigenvalue weighted by Gasteiger charge is -2.41. The van der Waals surface area contributed by atoms with Crippen LogP contribution in [0.2, 0.25) is 0 Å². The first-order valence-electron chi connectivity index (χ1n) is 13.8. The van der Waals surface area contributed by atoms with Gasteiger partial charge in [0.15, 0.2) is 11.5 Å². The lowest BCUT2D eigenvalue weighted by molar-refractivity contribution is -0.123. The number of carbonyl (C=O) groups excluding carboxylic acids is 1. The number of imidazole rings is 1. The normalized spacial score (nSPS) is 17.8. The van der Waals surface area contributed by atoms with Crippen molar-refractivity contribution >= 4 is 11.9 Å². The Kier molecular flexibility index (Phi) is 9.10. The molecule has 1 unspecified atom stereocenters. The van der Waals surface area contributed by atoms with E-state index in [4.69, 9.17) is 9.47 Å². The van der Waals surface area contributed by atoms with Crippen LogP contribution < -0.4 is 25.4 Å². The van der Waals surface area contributed by atoms with Crippen molar-refractivity contribution in [2.75, 3.05) is 39.4 Å². The van der Waals surface area contributed by atoms with Crippen LogP contribution in [-0.2, 0) is 17.8 Å². The van der Waals surface area contributed by atoms with E-state index in [1.807, 2.05) is 53.2 Å². The van der Waals surface area contributed by atoms with E-state index in [-0.39, 0.29) is 12.5 Å². The highest BCUT2D eigenvalue weighted by molar-refractivity contribution is 5.84. The van der Waals surface area contributed by atoms with Gasteiger partial charge in [0.2, 0.25) is 11.9 Å². The van der Waals surface area contributed by atoms with Gasteiger partial charge in [-0.2, -0.15) is 0 Å². The molecule has 0 radical (unpaired) electrons. The van der Waals surface area contributed by atoms with Gasteiger partial charge in [0, 0.05) is 38.2 Å². The molecular weight excluding hydrogens is 506 g/mol. The monoisotopic (exact) mass is 543 g/mol. The van der Waals surface area contributed by atoms with Gasteiger partial charge in [-0.25, -0.2) is 9.98 Å². The molecule has 5 rings (SSSR count). The van der Waals surface area contributed by atoms with Crippen LogP contribution in [0.15, 0.2) is 84.5 Å². The van der Waals surface area contributed by atoms with Crippen LogP contribution in [0.1, 0.15) is 24.5 Å².